The molecule has 154 valence electrons. The maximum absolute atomic E-state index is 13.3. The van der Waals surface area contributed by atoms with E-state index in [4.69, 9.17) is 14.2 Å². The Morgan fingerprint density at radius 1 is 1.20 bits per heavy atom. The summed E-state index contributed by atoms with van der Waals surface area (Å²) in [6.45, 7) is 2.39. The topological polar surface area (TPSA) is 65.1 Å². The second-order valence-corrected chi connectivity index (χ2v) is 7.78. The van der Waals surface area contributed by atoms with E-state index >= 15 is 0 Å². The molecule has 0 radical (unpaired) electrons. The molecular weight excluding hydrogens is 450 g/mol. The van der Waals surface area contributed by atoms with Gasteiger partial charge in [-0.15, -0.1) is 0 Å². The molecule has 0 saturated carbocycles. The molecule has 1 amide bonds. The van der Waals surface area contributed by atoms with Crippen molar-refractivity contribution in [2.45, 2.75) is 13.3 Å². The predicted molar refractivity (Wildman–Crippen MR) is 115 cm³/mol. The Kier molecular flexibility index (Phi) is 5.63. The number of hydrogen-bond donors (Lipinski definition) is 0. The lowest BCUT2D eigenvalue weighted by Gasteiger charge is -2.17. The molecule has 0 aliphatic carbocycles. The quantitative estimate of drug-likeness (QED) is 0.487. The van der Waals surface area contributed by atoms with Gasteiger partial charge in [0, 0.05) is 16.7 Å². The largest absolute Gasteiger partial charge is 0.465 e. The number of esters is 1. The van der Waals surface area contributed by atoms with E-state index in [0.717, 1.165) is 10.0 Å². The van der Waals surface area contributed by atoms with Crippen LogP contribution in [-0.2, 0) is 20.7 Å². The number of amides is 1. The first-order valence-electron chi connectivity index (χ1n) is 9.45. The number of ether oxygens (including phenoxy) is 3. The van der Waals surface area contributed by atoms with Gasteiger partial charge in [-0.2, -0.15) is 0 Å². The monoisotopic (exact) mass is 469 g/mol. The summed E-state index contributed by atoms with van der Waals surface area (Å²) in [4.78, 5) is 27.4. The summed E-state index contributed by atoms with van der Waals surface area (Å²) in [5.41, 5.74) is 2.99. The number of carbonyl (C=O) groups excluding carboxylic acids is 2. The fourth-order valence-electron chi connectivity index (χ4n) is 3.58. The van der Waals surface area contributed by atoms with E-state index in [1.54, 1.807) is 30.0 Å². The van der Waals surface area contributed by atoms with Crippen molar-refractivity contribution in [1.82, 2.24) is 4.90 Å². The van der Waals surface area contributed by atoms with Crippen molar-refractivity contribution in [3.8, 4) is 11.5 Å². The Bertz CT molecular complexity index is 1070. The first-order valence-corrected chi connectivity index (χ1v) is 10.2. The molecule has 30 heavy (non-hydrogen) atoms. The number of methoxy groups -OCH3 is 1. The minimum Gasteiger partial charge on any atom is -0.465 e. The summed E-state index contributed by atoms with van der Waals surface area (Å²) < 4.78 is 16.5. The molecule has 0 aromatic heterocycles. The Morgan fingerprint density at radius 3 is 2.60 bits per heavy atom. The van der Waals surface area contributed by atoms with Gasteiger partial charge in [0.1, 0.15) is 0 Å². The molecule has 0 atom stereocenters. The molecule has 2 heterocycles. The lowest BCUT2D eigenvalue weighted by Crippen LogP contribution is -2.27. The molecule has 0 spiro atoms. The molecular formula is C23H20BrNO5. The summed E-state index contributed by atoms with van der Waals surface area (Å²) in [7, 11) is 1.31. The van der Waals surface area contributed by atoms with E-state index in [1.807, 2.05) is 30.3 Å². The summed E-state index contributed by atoms with van der Waals surface area (Å²) in [5.74, 6) is 0.461. The molecule has 2 aliphatic rings. The molecule has 0 saturated heterocycles. The van der Waals surface area contributed by atoms with Gasteiger partial charge in [0.15, 0.2) is 11.5 Å². The van der Waals surface area contributed by atoms with Crippen LogP contribution < -0.4 is 9.47 Å². The smallest absolute Gasteiger partial charge is 0.340 e. The van der Waals surface area contributed by atoms with Crippen molar-refractivity contribution in [2.75, 3.05) is 20.4 Å². The van der Waals surface area contributed by atoms with E-state index in [9.17, 15) is 9.59 Å². The van der Waals surface area contributed by atoms with Crippen molar-refractivity contribution in [3.05, 3.63) is 74.9 Å². The molecule has 6 nitrogen and oxygen atoms in total. The van der Waals surface area contributed by atoms with Crippen molar-refractivity contribution in [2.24, 2.45) is 0 Å². The highest BCUT2D eigenvalue weighted by molar-refractivity contribution is 9.10. The minimum atomic E-state index is -0.536. The van der Waals surface area contributed by atoms with Crippen LogP contribution in [0, 0.1) is 0 Å². The van der Waals surface area contributed by atoms with Gasteiger partial charge in [-0.3, -0.25) is 4.79 Å². The zero-order chi connectivity index (χ0) is 21.3. The lowest BCUT2D eigenvalue weighted by molar-refractivity contribution is -0.136. The van der Waals surface area contributed by atoms with Crippen molar-refractivity contribution in [3.63, 3.8) is 0 Å². The number of allylic oxidation sites excluding steroid dienone is 1. The maximum atomic E-state index is 13.3. The Morgan fingerprint density at radius 2 is 1.90 bits per heavy atom. The molecule has 7 heteroatoms. The predicted octanol–water partition coefficient (Wildman–Crippen LogP) is 4.09. The van der Waals surface area contributed by atoms with Crippen molar-refractivity contribution in [1.29, 1.82) is 0 Å². The lowest BCUT2D eigenvalue weighted by atomic mass is 10.0. The number of hydrogen-bond acceptors (Lipinski definition) is 5. The average molecular weight is 470 g/mol. The third kappa shape index (κ3) is 3.73. The number of nitrogens with zero attached hydrogens (tertiary/aromatic N) is 1. The van der Waals surface area contributed by atoms with Gasteiger partial charge < -0.3 is 19.1 Å². The molecule has 0 N–H and O–H groups in total. The van der Waals surface area contributed by atoms with E-state index in [-0.39, 0.29) is 18.3 Å². The fourth-order valence-corrected chi connectivity index (χ4v) is 4.02. The van der Waals surface area contributed by atoms with Gasteiger partial charge >= 0.3 is 5.97 Å². The summed E-state index contributed by atoms with van der Waals surface area (Å²) in [5, 5.41) is 0. The highest BCUT2D eigenvalue weighted by Crippen LogP contribution is 2.39. The number of halogens is 1. The Hall–Kier alpha value is -3.06. The molecule has 2 aliphatic heterocycles. The second kappa shape index (κ2) is 8.36. The van der Waals surface area contributed by atoms with Gasteiger partial charge in [-0.25, -0.2) is 4.79 Å². The molecule has 0 unspecified atom stereocenters. The van der Waals surface area contributed by atoms with Gasteiger partial charge in [0.2, 0.25) is 6.79 Å². The zero-order valence-corrected chi connectivity index (χ0v) is 18.2. The van der Waals surface area contributed by atoms with Gasteiger partial charge in [0.05, 0.1) is 18.3 Å². The van der Waals surface area contributed by atoms with Crippen LogP contribution in [0.4, 0.5) is 0 Å². The van der Waals surface area contributed by atoms with E-state index in [2.05, 4.69) is 15.9 Å². The number of benzene rings is 2. The van der Waals surface area contributed by atoms with Gasteiger partial charge in [0.25, 0.3) is 5.91 Å². The highest BCUT2D eigenvalue weighted by Gasteiger charge is 2.37. The Labute approximate surface area is 182 Å². The first kappa shape index (κ1) is 20.2. The zero-order valence-electron chi connectivity index (χ0n) is 16.6. The van der Waals surface area contributed by atoms with Crippen molar-refractivity contribution < 1.29 is 23.8 Å². The maximum Gasteiger partial charge on any atom is 0.340 e. The van der Waals surface area contributed by atoms with Crippen LogP contribution in [0.2, 0.25) is 0 Å². The van der Waals surface area contributed by atoms with Crippen molar-refractivity contribution >= 4 is 33.9 Å². The summed E-state index contributed by atoms with van der Waals surface area (Å²) in [6, 6.07) is 13.5. The first-order chi connectivity index (χ1) is 14.5. The van der Waals surface area contributed by atoms with Crippen LogP contribution in [0.3, 0.4) is 0 Å². The Balaban J connectivity index is 1.69. The summed E-state index contributed by atoms with van der Waals surface area (Å²) in [6.07, 6.45) is 2.37. The third-order valence-electron chi connectivity index (χ3n) is 5.16. The number of fused-ring (bicyclic) bond motifs is 1. The molecule has 2 aromatic carbocycles. The van der Waals surface area contributed by atoms with E-state index in [0.29, 0.717) is 41.3 Å². The molecule has 0 fully saturated rings. The van der Waals surface area contributed by atoms with Crippen LogP contribution in [0.25, 0.3) is 6.08 Å². The van der Waals surface area contributed by atoms with Crippen LogP contribution >= 0.6 is 15.9 Å². The number of rotatable bonds is 5. The van der Waals surface area contributed by atoms with Crippen LogP contribution in [0.5, 0.6) is 11.5 Å². The minimum absolute atomic E-state index is 0.153. The summed E-state index contributed by atoms with van der Waals surface area (Å²) >= 11 is 3.51. The highest BCUT2D eigenvalue weighted by atomic mass is 79.9. The third-order valence-corrected chi connectivity index (χ3v) is 5.85. The molecule has 0 bridgehead atoms. The van der Waals surface area contributed by atoms with Crippen LogP contribution in [-0.4, -0.2) is 37.2 Å². The fraction of sp³-hybridized carbons (Fsp3) is 0.217. The second-order valence-electron chi connectivity index (χ2n) is 6.93. The SMILES string of the molecule is COC(=O)C1=C(C)N(CCc2ccccc2)C(=O)/C1=C/c1cc2c(cc1Br)OCO2. The number of carbonyl (C=O) groups is 2. The van der Waals surface area contributed by atoms with Crippen LogP contribution in [0.1, 0.15) is 18.1 Å². The van der Waals surface area contributed by atoms with Gasteiger partial charge in [-0.05, 0) is 42.7 Å². The van der Waals surface area contributed by atoms with Gasteiger partial charge in [-0.1, -0.05) is 46.3 Å². The van der Waals surface area contributed by atoms with E-state index in [1.165, 1.54) is 7.11 Å². The average Bonchev–Trinajstić information content (AvgIpc) is 3.29. The standard InChI is InChI=1S/C23H20BrNO5/c1-14-21(23(27)28-2)17(10-16-11-19-20(12-18(16)24)30-13-29-19)22(26)25(14)9-8-15-6-4-3-5-7-15/h3-7,10-12H,8-9,13H2,1-2H3/b17-10+. The molecule has 4 rings (SSSR count). The van der Waals surface area contributed by atoms with E-state index < -0.39 is 5.97 Å². The molecule has 2 aromatic rings. The van der Waals surface area contributed by atoms with Crippen LogP contribution in [0.15, 0.2) is 63.8 Å². The normalized spacial score (nSPS) is 16.6.